The van der Waals surface area contributed by atoms with Crippen LogP contribution in [0.25, 0.3) is 17.3 Å². The van der Waals surface area contributed by atoms with Crippen molar-refractivity contribution in [2.75, 3.05) is 11.9 Å². The number of nitrogens with zero attached hydrogens (tertiary/aromatic N) is 1. The van der Waals surface area contributed by atoms with Crippen LogP contribution in [-0.2, 0) is 4.79 Å². The van der Waals surface area contributed by atoms with Gasteiger partial charge in [-0.25, -0.2) is 4.98 Å². The van der Waals surface area contributed by atoms with Gasteiger partial charge in [-0.05, 0) is 25.5 Å². The van der Waals surface area contributed by atoms with E-state index >= 15 is 0 Å². The molecule has 0 radical (unpaired) electrons. The minimum Gasteiger partial charge on any atom is -0.322 e. The summed E-state index contributed by atoms with van der Waals surface area (Å²) in [6.07, 6.45) is 5.04. The molecule has 0 saturated heterocycles. The lowest BCUT2D eigenvalue weighted by atomic mass is 9.99. The number of benzene rings is 1. The fourth-order valence-corrected chi connectivity index (χ4v) is 2.72. The lowest BCUT2D eigenvalue weighted by molar-refractivity contribution is -0.114. The van der Waals surface area contributed by atoms with Gasteiger partial charge in [0, 0.05) is 16.5 Å². The third kappa shape index (κ3) is 6.25. The van der Waals surface area contributed by atoms with Gasteiger partial charge < -0.3 is 11.1 Å². The van der Waals surface area contributed by atoms with Crippen LogP contribution in [0.2, 0.25) is 0 Å². The van der Waals surface area contributed by atoms with E-state index in [1.165, 1.54) is 17.8 Å². The van der Waals surface area contributed by atoms with Crippen molar-refractivity contribution in [3.63, 3.8) is 0 Å². The van der Waals surface area contributed by atoms with Crippen molar-refractivity contribution in [2.24, 2.45) is 5.73 Å². The molecule has 25 heavy (non-hydrogen) atoms. The third-order valence-electron chi connectivity index (χ3n) is 3.01. The molecule has 0 aliphatic carbocycles. The molecule has 0 aliphatic rings. The number of amides is 1. The summed E-state index contributed by atoms with van der Waals surface area (Å²) in [7, 11) is 0. The fraction of sp³-hybridized carbons (Fsp3) is 0.316. The van der Waals surface area contributed by atoms with Crippen molar-refractivity contribution < 1.29 is 9.59 Å². The molecule has 2 aromatic rings. The van der Waals surface area contributed by atoms with Gasteiger partial charge in [0.25, 0.3) is 0 Å². The Morgan fingerprint density at radius 2 is 2.00 bits per heavy atom. The first-order valence-electron chi connectivity index (χ1n) is 8.20. The summed E-state index contributed by atoms with van der Waals surface area (Å²) in [5, 5.41) is 4.94. The Hall–Kier alpha value is -2.31. The van der Waals surface area contributed by atoms with Crippen molar-refractivity contribution >= 4 is 34.2 Å². The van der Waals surface area contributed by atoms with Crippen LogP contribution >= 0.6 is 11.3 Å². The minimum absolute atomic E-state index is 0.00170. The lowest BCUT2D eigenvalue weighted by Gasteiger charge is -2.05. The number of allylic oxidation sites excluding steroid dienone is 1. The largest absolute Gasteiger partial charge is 0.322 e. The highest BCUT2D eigenvalue weighted by molar-refractivity contribution is 7.14. The highest BCUT2D eigenvalue weighted by Crippen LogP contribution is 2.27. The molecule has 134 valence electrons. The number of rotatable bonds is 5. The second kappa shape index (κ2) is 10.5. The summed E-state index contributed by atoms with van der Waals surface area (Å²) in [5.74, 6) is -0.282. The predicted molar refractivity (Wildman–Crippen MR) is 106 cm³/mol. The zero-order chi connectivity index (χ0) is 18.8. The van der Waals surface area contributed by atoms with Crippen LogP contribution in [0, 0.1) is 0 Å². The Morgan fingerprint density at radius 3 is 2.56 bits per heavy atom. The van der Waals surface area contributed by atoms with E-state index in [9.17, 15) is 9.59 Å². The summed E-state index contributed by atoms with van der Waals surface area (Å²) in [6, 6.07) is 5.62. The Labute approximate surface area is 153 Å². The average molecular weight is 359 g/mol. The number of carbonyl (C=O) groups is 2. The molecule has 0 atom stereocenters. The smallest absolute Gasteiger partial charge is 0.239 e. The SMILES string of the molecule is C/C=C\c1ccc(-c2csc(NC(=O)CN)n2)cc1C(C)=O.CCC. The van der Waals surface area contributed by atoms with Crippen LogP contribution in [0.15, 0.2) is 29.7 Å². The highest BCUT2D eigenvalue weighted by Gasteiger charge is 2.11. The molecular formula is C19H25N3O2S. The molecule has 1 amide bonds. The Bertz CT molecular complexity index is 751. The van der Waals surface area contributed by atoms with Crippen LogP contribution in [0.5, 0.6) is 0 Å². The number of hydrogen-bond donors (Lipinski definition) is 2. The molecule has 0 spiro atoms. The van der Waals surface area contributed by atoms with Gasteiger partial charge in [0.1, 0.15) is 0 Å². The second-order valence-corrected chi connectivity index (χ2v) is 6.21. The molecule has 0 saturated carbocycles. The van der Waals surface area contributed by atoms with Crippen LogP contribution in [0.4, 0.5) is 5.13 Å². The molecule has 0 fully saturated rings. The van der Waals surface area contributed by atoms with E-state index in [1.54, 1.807) is 6.92 Å². The van der Waals surface area contributed by atoms with E-state index in [0.29, 0.717) is 16.4 Å². The first-order chi connectivity index (χ1) is 12.0. The van der Waals surface area contributed by atoms with Crippen molar-refractivity contribution in [3.8, 4) is 11.3 Å². The maximum Gasteiger partial charge on any atom is 0.239 e. The topological polar surface area (TPSA) is 85.1 Å². The van der Waals surface area contributed by atoms with Crippen molar-refractivity contribution in [3.05, 3.63) is 40.8 Å². The third-order valence-corrected chi connectivity index (χ3v) is 3.77. The number of carbonyl (C=O) groups excluding carboxylic acids is 2. The number of nitrogens with one attached hydrogen (secondary N) is 1. The molecular weight excluding hydrogens is 334 g/mol. The van der Waals surface area contributed by atoms with Crippen molar-refractivity contribution in [1.29, 1.82) is 0 Å². The van der Waals surface area contributed by atoms with Gasteiger partial charge in [-0.1, -0.05) is 44.6 Å². The summed E-state index contributed by atoms with van der Waals surface area (Å²) in [5.41, 5.74) is 8.34. The average Bonchev–Trinajstić information content (AvgIpc) is 3.04. The zero-order valence-corrected chi connectivity index (χ0v) is 15.9. The van der Waals surface area contributed by atoms with E-state index in [0.717, 1.165) is 11.1 Å². The zero-order valence-electron chi connectivity index (χ0n) is 15.1. The Balaban J connectivity index is 0.000000970. The number of ketones is 1. The molecule has 3 N–H and O–H groups in total. The number of hydrogen-bond acceptors (Lipinski definition) is 5. The molecule has 1 aromatic carbocycles. The summed E-state index contributed by atoms with van der Waals surface area (Å²) >= 11 is 1.32. The Kier molecular flexibility index (Phi) is 8.74. The van der Waals surface area contributed by atoms with E-state index in [4.69, 9.17) is 5.73 Å². The Morgan fingerprint density at radius 1 is 1.32 bits per heavy atom. The van der Waals surface area contributed by atoms with E-state index in [2.05, 4.69) is 24.1 Å². The first-order valence-corrected chi connectivity index (χ1v) is 9.08. The number of anilines is 1. The van der Waals surface area contributed by atoms with E-state index < -0.39 is 0 Å². The van der Waals surface area contributed by atoms with E-state index in [-0.39, 0.29) is 18.2 Å². The molecule has 6 heteroatoms. The van der Waals surface area contributed by atoms with Gasteiger partial charge in [-0.2, -0.15) is 0 Å². The maximum absolute atomic E-state index is 11.8. The van der Waals surface area contributed by atoms with Crippen LogP contribution in [0.3, 0.4) is 0 Å². The molecule has 1 heterocycles. The van der Waals surface area contributed by atoms with Crippen LogP contribution in [0.1, 0.15) is 50.0 Å². The van der Waals surface area contributed by atoms with Gasteiger partial charge in [0.05, 0.1) is 12.2 Å². The monoisotopic (exact) mass is 359 g/mol. The quantitative estimate of drug-likeness (QED) is 0.777. The van der Waals surface area contributed by atoms with Gasteiger partial charge in [0.15, 0.2) is 10.9 Å². The van der Waals surface area contributed by atoms with Crippen molar-refractivity contribution in [1.82, 2.24) is 4.98 Å². The first kappa shape index (κ1) is 20.7. The molecule has 5 nitrogen and oxygen atoms in total. The minimum atomic E-state index is -0.284. The van der Waals surface area contributed by atoms with Crippen molar-refractivity contribution in [2.45, 2.75) is 34.1 Å². The highest BCUT2D eigenvalue weighted by atomic mass is 32.1. The van der Waals surface area contributed by atoms with Gasteiger partial charge >= 0.3 is 0 Å². The second-order valence-electron chi connectivity index (χ2n) is 5.36. The summed E-state index contributed by atoms with van der Waals surface area (Å²) < 4.78 is 0. The molecule has 2 rings (SSSR count). The summed E-state index contributed by atoms with van der Waals surface area (Å²) in [4.78, 5) is 27.4. The number of thiazole rings is 1. The van der Waals surface area contributed by atoms with Crippen LogP contribution in [-0.4, -0.2) is 23.2 Å². The molecule has 0 bridgehead atoms. The lowest BCUT2D eigenvalue weighted by Crippen LogP contribution is -2.21. The van der Waals surface area contributed by atoms with Gasteiger partial charge in [-0.3, -0.25) is 9.59 Å². The molecule has 1 aromatic heterocycles. The standard InChI is InChI=1S/C16H17N3O2S.C3H8/c1-3-4-11-5-6-12(7-13(11)10(2)20)14-9-22-16(18-14)19-15(21)8-17;1-3-2/h3-7,9H,8,17H2,1-2H3,(H,18,19,21);3H2,1-2H3/b4-3-;. The van der Waals surface area contributed by atoms with Gasteiger partial charge in [0.2, 0.25) is 5.91 Å². The molecule has 0 aliphatic heterocycles. The summed E-state index contributed by atoms with van der Waals surface area (Å²) in [6.45, 7) is 7.62. The number of nitrogens with two attached hydrogens (primary N) is 1. The normalized spacial score (nSPS) is 10.3. The van der Waals surface area contributed by atoms with E-state index in [1.807, 2.05) is 42.7 Å². The number of aromatic nitrogens is 1. The maximum atomic E-state index is 11.8. The van der Waals surface area contributed by atoms with Gasteiger partial charge in [-0.15, -0.1) is 11.3 Å². The number of Topliss-reactive ketones (excluding diaryl/α,β-unsaturated/α-hetero) is 1. The predicted octanol–water partition coefficient (Wildman–Crippen LogP) is 4.36. The fourth-order valence-electron chi connectivity index (χ4n) is 1.98. The molecule has 0 unspecified atom stereocenters. The van der Waals surface area contributed by atoms with Crippen LogP contribution < -0.4 is 11.1 Å².